The third-order valence-corrected chi connectivity index (χ3v) is 6.08. The van der Waals surface area contributed by atoms with Gasteiger partial charge in [-0.25, -0.2) is 13.2 Å². The van der Waals surface area contributed by atoms with Crippen molar-refractivity contribution in [3.63, 3.8) is 0 Å². The Labute approximate surface area is 174 Å². The van der Waals surface area contributed by atoms with Crippen LogP contribution in [0.2, 0.25) is 0 Å². The fraction of sp³-hybridized carbons (Fsp3) is 0.182. The van der Waals surface area contributed by atoms with Crippen LogP contribution in [0.5, 0.6) is 0 Å². The van der Waals surface area contributed by atoms with Crippen LogP contribution >= 0.6 is 0 Å². The van der Waals surface area contributed by atoms with Crippen LogP contribution in [0.4, 0.5) is 0 Å². The minimum atomic E-state index is -3.66. The number of hydrogen-bond donors (Lipinski definition) is 0. The number of nitrogens with zero attached hydrogens (tertiary/aromatic N) is 1. The smallest absolute Gasteiger partial charge is 0.375 e. The first-order valence-electron chi connectivity index (χ1n) is 9.16. The molecule has 0 N–H and O–H groups in total. The van der Waals surface area contributed by atoms with Gasteiger partial charge in [-0.05, 0) is 23.8 Å². The highest BCUT2D eigenvalue weighted by molar-refractivity contribution is 7.90. The van der Waals surface area contributed by atoms with E-state index in [-0.39, 0.29) is 16.2 Å². The molecule has 0 bridgehead atoms. The van der Waals surface area contributed by atoms with Gasteiger partial charge in [0.15, 0.2) is 16.4 Å². The zero-order valence-corrected chi connectivity index (χ0v) is 17.2. The van der Waals surface area contributed by atoms with Crippen molar-refractivity contribution >= 4 is 21.7 Å². The van der Waals surface area contributed by atoms with Crippen LogP contribution in [0, 0.1) is 0 Å². The lowest BCUT2D eigenvalue weighted by molar-refractivity contribution is -0.133. The molecule has 0 spiro atoms. The highest BCUT2D eigenvalue weighted by Crippen LogP contribution is 2.20. The monoisotopic (exact) mass is 427 g/mol. The number of esters is 1. The molecular weight excluding hydrogens is 406 g/mol. The van der Waals surface area contributed by atoms with E-state index in [1.165, 1.54) is 29.4 Å². The number of hydrogen-bond acceptors (Lipinski definition) is 6. The largest absolute Gasteiger partial charge is 0.457 e. The minimum absolute atomic E-state index is 0.142. The van der Waals surface area contributed by atoms with Crippen LogP contribution in [-0.4, -0.2) is 38.8 Å². The maximum Gasteiger partial charge on any atom is 0.375 e. The van der Waals surface area contributed by atoms with Crippen molar-refractivity contribution < 1.29 is 27.2 Å². The van der Waals surface area contributed by atoms with E-state index < -0.39 is 34.1 Å². The number of ether oxygens (including phenoxy) is 1. The zero-order valence-electron chi connectivity index (χ0n) is 16.4. The topological polar surface area (TPSA) is 93.9 Å². The predicted molar refractivity (Wildman–Crippen MR) is 109 cm³/mol. The molecule has 7 nitrogen and oxygen atoms in total. The molecule has 0 radical (unpaired) electrons. The molecule has 0 fully saturated rings. The van der Waals surface area contributed by atoms with E-state index >= 15 is 0 Å². The van der Waals surface area contributed by atoms with Gasteiger partial charge in [0.25, 0.3) is 5.91 Å². The molecule has 0 atom stereocenters. The maximum atomic E-state index is 12.5. The van der Waals surface area contributed by atoms with Gasteiger partial charge in [-0.1, -0.05) is 48.5 Å². The first kappa shape index (κ1) is 21.3. The molecule has 0 aliphatic heterocycles. The summed E-state index contributed by atoms with van der Waals surface area (Å²) >= 11 is 0. The Kier molecular flexibility index (Phi) is 6.68. The van der Waals surface area contributed by atoms with E-state index in [1.54, 1.807) is 25.2 Å². The third-order valence-electron chi connectivity index (χ3n) is 4.40. The zero-order chi connectivity index (χ0) is 21.6. The lowest BCUT2D eigenvalue weighted by atomic mass is 10.2. The van der Waals surface area contributed by atoms with E-state index in [4.69, 9.17) is 9.15 Å². The van der Waals surface area contributed by atoms with Gasteiger partial charge in [0.1, 0.15) is 0 Å². The van der Waals surface area contributed by atoms with Gasteiger partial charge in [-0.3, -0.25) is 4.79 Å². The second-order valence-electron chi connectivity index (χ2n) is 6.66. The Balaban J connectivity index is 1.60. The molecule has 0 aliphatic rings. The number of likely N-dealkylation sites (N-methyl/N-ethyl adjacent to an activating group) is 1. The summed E-state index contributed by atoms with van der Waals surface area (Å²) in [5.74, 6) is -1.93. The summed E-state index contributed by atoms with van der Waals surface area (Å²) < 4.78 is 35.3. The molecule has 1 heterocycles. The Hall–Kier alpha value is -3.39. The van der Waals surface area contributed by atoms with Crippen molar-refractivity contribution in [2.45, 2.75) is 17.2 Å². The van der Waals surface area contributed by atoms with E-state index in [9.17, 15) is 18.0 Å². The van der Waals surface area contributed by atoms with Gasteiger partial charge in [0.05, 0.1) is 16.9 Å². The molecular formula is C22H21NO6S. The fourth-order valence-corrected chi connectivity index (χ4v) is 4.17. The average Bonchev–Trinajstić information content (AvgIpc) is 3.20. The molecule has 1 amide bonds. The van der Waals surface area contributed by atoms with Gasteiger partial charge in [0, 0.05) is 19.2 Å². The van der Waals surface area contributed by atoms with Gasteiger partial charge in [-0.2, -0.15) is 0 Å². The molecule has 3 aromatic rings. The standard InChI is InChI=1S/C22H21NO6S/c1-23(14-17-8-4-2-5-9-17)20(24)15-29-22(25)21-18(12-13-28-21)16-30(26,27)19-10-6-3-7-11-19/h2-13H,14-16H2,1H3. The van der Waals surface area contributed by atoms with E-state index in [1.807, 2.05) is 30.3 Å². The summed E-state index contributed by atoms with van der Waals surface area (Å²) in [6.45, 7) is -0.105. The van der Waals surface area contributed by atoms with Gasteiger partial charge in [0.2, 0.25) is 5.76 Å². The summed E-state index contributed by atoms with van der Waals surface area (Å²) in [6.07, 6.45) is 1.22. The highest BCUT2D eigenvalue weighted by Gasteiger charge is 2.24. The molecule has 156 valence electrons. The number of benzene rings is 2. The molecule has 0 saturated heterocycles. The van der Waals surface area contributed by atoms with Crippen molar-refractivity contribution in [3.05, 3.63) is 89.9 Å². The molecule has 1 aromatic heterocycles. The Bertz CT molecular complexity index is 1110. The summed E-state index contributed by atoms with van der Waals surface area (Å²) in [5, 5.41) is 0. The Morgan fingerprint density at radius 2 is 1.60 bits per heavy atom. The first-order chi connectivity index (χ1) is 14.4. The number of amides is 1. The van der Waals surface area contributed by atoms with Crippen LogP contribution < -0.4 is 0 Å². The highest BCUT2D eigenvalue weighted by atomic mass is 32.2. The molecule has 8 heteroatoms. The molecule has 30 heavy (non-hydrogen) atoms. The molecule has 0 unspecified atom stereocenters. The number of sulfone groups is 1. The van der Waals surface area contributed by atoms with E-state index in [0.29, 0.717) is 6.54 Å². The lowest BCUT2D eigenvalue weighted by Crippen LogP contribution is -2.30. The Morgan fingerprint density at radius 1 is 0.967 bits per heavy atom. The Morgan fingerprint density at radius 3 is 2.27 bits per heavy atom. The molecule has 0 aliphatic carbocycles. The number of carbonyl (C=O) groups is 2. The van der Waals surface area contributed by atoms with Crippen molar-refractivity contribution in [1.82, 2.24) is 4.90 Å². The summed E-state index contributed by atoms with van der Waals surface area (Å²) in [7, 11) is -2.06. The van der Waals surface area contributed by atoms with Crippen molar-refractivity contribution in [1.29, 1.82) is 0 Å². The normalized spacial score (nSPS) is 11.1. The number of rotatable bonds is 8. The van der Waals surface area contributed by atoms with Crippen molar-refractivity contribution in [2.75, 3.05) is 13.7 Å². The summed E-state index contributed by atoms with van der Waals surface area (Å²) in [5.41, 5.74) is 1.12. The molecule has 3 rings (SSSR count). The maximum absolute atomic E-state index is 12.5. The lowest BCUT2D eigenvalue weighted by Gasteiger charge is -2.17. The molecule has 2 aromatic carbocycles. The van der Waals surface area contributed by atoms with Gasteiger partial charge in [-0.15, -0.1) is 0 Å². The van der Waals surface area contributed by atoms with Crippen LogP contribution in [0.25, 0.3) is 0 Å². The fourth-order valence-electron chi connectivity index (χ4n) is 2.79. The number of carbonyl (C=O) groups excluding carboxylic acids is 2. The second kappa shape index (κ2) is 9.41. The minimum Gasteiger partial charge on any atom is -0.457 e. The van der Waals surface area contributed by atoms with Crippen molar-refractivity contribution in [3.8, 4) is 0 Å². The molecule has 0 saturated carbocycles. The van der Waals surface area contributed by atoms with E-state index in [2.05, 4.69) is 0 Å². The van der Waals surface area contributed by atoms with Crippen LogP contribution in [0.1, 0.15) is 21.7 Å². The van der Waals surface area contributed by atoms with Gasteiger partial charge >= 0.3 is 5.97 Å². The van der Waals surface area contributed by atoms with Crippen LogP contribution in [0.15, 0.2) is 82.3 Å². The first-order valence-corrected chi connectivity index (χ1v) is 10.8. The second-order valence-corrected chi connectivity index (χ2v) is 8.65. The van der Waals surface area contributed by atoms with Crippen LogP contribution in [0.3, 0.4) is 0 Å². The average molecular weight is 427 g/mol. The number of furan rings is 1. The predicted octanol–water partition coefficient (Wildman–Crippen LogP) is 3.07. The third kappa shape index (κ3) is 5.36. The SMILES string of the molecule is CN(Cc1ccccc1)C(=O)COC(=O)c1occc1CS(=O)(=O)c1ccccc1. The summed E-state index contributed by atoms with van der Waals surface area (Å²) in [4.78, 5) is 26.2. The van der Waals surface area contributed by atoms with Crippen LogP contribution in [-0.2, 0) is 31.7 Å². The van der Waals surface area contributed by atoms with E-state index in [0.717, 1.165) is 5.56 Å². The van der Waals surface area contributed by atoms with Crippen molar-refractivity contribution in [2.24, 2.45) is 0 Å². The summed E-state index contributed by atoms with van der Waals surface area (Å²) in [6, 6.07) is 18.7. The quantitative estimate of drug-likeness (QED) is 0.513. The van der Waals surface area contributed by atoms with Gasteiger partial charge < -0.3 is 14.1 Å².